The molecule has 1 aliphatic carbocycles. The SMILES string of the molecule is Cn1c(SCC(=O)c2ccc(Cl)s2)nc2sc3c(c2c1=O)CCC3. The Balaban J connectivity index is 1.64. The van der Waals surface area contributed by atoms with Crippen molar-refractivity contribution in [3.63, 3.8) is 0 Å². The first-order valence-corrected chi connectivity index (χ1v) is 10.5. The Bertz CT molecular complexity index is 1020. The minimum atomic E-state index is -0.00600. The molecule has 24 heavy (non-hydrogen) atoms. The normalized spacial score (nSPS) is 13.6. The zero-order valence-electron chi connectivity index (χ0n) is 12.8. The van der Waals surface area contributed by atoms with Crippen molar-refractivity contribution in [3.05, 3.63) is 42.1 Å². The number of hydrogen-bond donors (Lipinski definition) is 0. The monoisotopic (exact) mass is 396 g/mol. The molecule has 4 nitrogen and oxygen atoms in total. The largest absolute Gasteiger partial charge is 0.292 e. The molecule has 0 amide bonds. The highest BCUT2D eigenvalue weighted by Gasteiger charge is 2.22. The number of thioether (sulfide) groups is 1. The van der Waals surface area contributed by atoms with E-state index in [1.807, 2.05) is 0 Å². The molecule has 0 N–H and O–H groups in total. The maximum atomic E-state index is 12.7. The lowest BCUT2D eigenvalue weighted by molar-refractivity contribution is 0.102. The van der Waals surface area contributed by atoms with Gasteiger partial charge in [-0.15, -0.1) is 22.7 Å². The predicted octanol–water partition coefficient (Wildman–Crippen LogP) is 4.17. The molecule has 0 saturated carbocycles. The van der Waals surface area contributed by atoms with Gasteiger partial charge in [-0.2, -0.15) is 0 Å². The van der Waals surface area contributed by atoms with Gasteiger partial charge in [-0.3, -0.25) is 14.2 Å². The number of aryl methyl sites for hydroxylation is 2. The van der Waals surface area contributed by atoms with Gasteiger partial charge in [-0.25, -0.2) is 4.98 Å². The number of rotatable bonds is 4. The molecule has 0 aromatic carbocycles. The molecule has 0 radical (unpaired) electrons. The molecule has 3 aromatic heterocycles. The second-order valence-electron chi connectivity index (χ2n) is 5.61. The van der Waals surface area contributed by atoms with Crippen molar-refractivity contribution in [1.82, 2.24) is 9.55 Å². The van der Waals surface area contributed by atoms with Gasteiger partial charge in [0.15, 0.2) is 10.9 Å². The lowest BCUT2D eigenvalue weighted by atomic mass is 10.2. The molecule has 1 aliphatic rings. The molecule has 0 atom stereocenters. The van der Waals surface area contributed by atoms with Gasteiger partial charge in [0, 0.05) is 11.9 Å². The van der Waals surface area contributed by atoms with Gasteiger partial charge in [-0.1, -0.05) is 23.4 Å². The minimum absolute atomic E-state index is 0.0000741. The van der Waals surface area contributed by atoms with Crippen LogP contribution in [-0.2, 0) is 19.9 Å². The standard InChI is InChI=1S/C16H13ClN2O2S3/c1-19-15(21)13-8-3-2-4-10(8)24-14(13)18-16(19)22-7-9(20)11-5-6-12(17)23-11/h5-6H,2-4,7H2,1H3. The number of carbonyl (C=O) groups is 1. The third-order valence-electron chi connectivity index (χ3n) is 4.09. The second-order valence-corrected chi connectivity index (χ2v) is 9.35. The summed E-state index contributed by atoms with van der Waals surface area (Å²) in [6.45, 7) is 0. The number of ketones is 1. The third kappa shape index (κ3) is 2.73. The van der Waals surface area contributed by atoms with Gasteiger partial charge in [0.25, 0.3) is 5.56 Å². The number of hydrogen-bond acceptors (Lipinski definition) is 6. The van der Waals surface area contributed by atoms with E-state index in [4.69, 9.17) is 11.6 Å². The first-order chi connectivity index (χ1) is 11.5. The van der Waals surface area contributed by atoms with Gasteiger partial charge in [0.1, 0.15) is 4.83 Å². The summed E-state index contributed by atoms with van der Waals surface area (Å²) in [4.78, 5) is 32.3. The highest BCUT2D eigenvalue weighted by atomic mass is 35.5. The van der Waals surface area contributed by atoms with Gasteiger partial charge in [0.05, 0.1) is 20.4 Å². The molecular formula is C16H13ClN2O2S3. The van der Waals surface area contributed by atoms with Crippen molar-refractivity contribution in [2.75, 3.05) is 5.75 Å². The van der Waals surface area contributed by atoms with Crippen LogP contribution in [0.3, 0.4) is 0 Å². The molecule has 3 heterocycles. The molecule has 0 aliphatic heterocycles. The van der Waals surface area contributed by atoms with E-state index in [-0.39, 0.29) is 17.1 Å². The molecule has 0 fully saturated rings. The lowest BCUT2D eigenvalue weighted by Crippen LogP contribution is -2.20. The molecule has 3 aromatic rings. The summed E-state index contributed by atoms with van der Waals surface area (Å²) in [6, 6.07) is 3.45. The van der Waals surface area contributed by atoms with Crippen LogP contribution in [0.2, 0.25) is 4.34 Å². The third-order valence-corrected chi connectivity index (χ3v) is 7.57. The van der Waals surface area contributed by atoms with E-state index < -0.39 is 0 Å². The van der Waals surface area contributed by atoms with Crippen LogP contribution in [0.1, 0.15) is 26.5 Å². The first-order valence-electron chi connectivity index (χ1n) is 7.47. The number of nitrogens with zero attached hydrogens (tertiary/aromatic N) is 2. The topological polar surface area (TPSA) is 52.0 Å². The molecule has 4 rings (SSSR count). The molecule has 0 bridgehead atoms. The summed E-state index contributed by atoms with van der Waals surface area (Å²) in [5, 5.41) is 1.36. The summed E-state index contributed by atoms with van der Waals surface area (Å²) in [5.41, 5.74) is 1.18. The van der Waals surface area contributed by atoms with Gasteiger partial charge in [0.2, 0.25) is 0 Å². The average molecular weight is 397 g/mol. The fourth-order valence-corrected chi connectivity index (χ4v) is 6.13. The maximum Gasteiger partial charge on any atom is 0.262 e. The van der Waals surface area contributed by atoms with Crippen molar-refractivity contribution in [1.29, 1.82) is 0 Å². The molecular weight excluding hydrogens is 384 g/mol. The Kier molecular flexibility index (Phi) is 4.28. The summed E-state index contributed by atoms with van der Waals surface area (Å²) in [6.07, 6.45) is 3.13. The fraction of sp³-hybridized carbons (Fsp3) is 0.312. The first kappa shape index (κ1) is 16.3. The lowest BCUT2D eigenvalue weighted by Gasteiger charge is -2.06. The molecule has 0 saturated heterocycles. The molecule has 0 spiro atoms. The Labute approximate surface area is 155 Å². The van der Waals surface area contributed by atoms with E-state index in [0.717, 1.165) is 29.5 Å². The fourth-order valence-electron chi connectivity index (χ4n) is 2.90. The zero-order valence-corrected chi connectivity index (χ0v) is 16.0. The van der Waals surface area contributed by atoms with E-state index in [1.54, 1.807) is 35.1 Å². The number of aromatic nitrogens is 2. The van der Waals surface area contributed by atoms with Crippen molar-refractivity contribution in [3.8, 4) is 0 Å². The van der Waals surface area contributed by atoms with Crippen LogP contribution >= 0.6 is 46.0 Å². The number of thiophene rings is 2. The van der Waals surface area contributed by atoms with Crippen LogP contribution in [0.25, 0.3) is 10.2 Å². The van der Waals surface area contributed by atoms with Crippen LogP contribution in [0.15, 0.2) is 22.1 Å². The van der Waals surface area contributed by atoms with Crippen LogP contribution in [0.4, 0.5) is 0 Å². The van der Waals surface area contributed by atoms with E-state index in [2.05, 4.69) is 4.98 Å². The number of halogens is 1. The van der Waals surface area contributed by atoms with Crippen molar-refractivity contribution < 1.29 is 4.79 Å². The Hall–Kier alpha value is -1.15. The van der Waals surface area contributed by atoms with E-state index in [9.17, 15) is 9.59 Å². The van der Waals surface area contributed by atoms with Crippen molar-refractivity contribution >= 4 is 62.0 Å². The minimum Gasteiger partial charge on any atom is -0.292 e. The van der Waals surface area contributed by atoms with E-state index in [1.165, 1.54) is 33.5 Å². The predicted molar refractivity (Wildman–Crippen MR) is 101 cm³/mol. The van der Waals surface area contributed by atoms with Gasteiger partial charge < -0.3 is 0 Å². The van der Waals surface area contributed by atoms with Crippen molar-refractivity contribution in [2.45, 2.75) is 24.4 Å². The maximum absolute atomic E-state index is 12.7. The summed E-state index contributed by atoms with van der Waals surface area (Å²) in [5.74, 6) is 0.244. The average Bonchev–Trinajstić information content (AvgIpc) is 3.24. The quantitative estimate of drug-likeness (QED) is 0.377. The van der Waals surface area contributed by atoms with E-state index in [0.29, 0.717) is 14.4 Å². The Morgan fingerprint density at radius 1 is 1.38 bits per heavy atom. The molecule has 8 heteroatoms. The Morgan fingerprint density at radius 3 is 2.96 bits per heavy atom. The van der Waals surface area contributed by atoms with Crippen LogP contribution < -0.4 is 5.56 Å². The highest BCUT2D eigenvalue weighted by Crippen LogP contribution is 2.35. The summed E-state index contributed by atoms with van der Waals surface area (Å²) >= 11 is 10.1. The Morgan fingerprint density at radius 2 is 2.21 bits per heavy atom. The smallest absolute Gasteiger partial charge is 0.262 e. The zero-order chi connectivity index (χ0) is 16.8. The number of carbonyl (C=O) groups excluding carboxylic acids is 1. The highest BCUT2D eigenvalue weighted by molar-refractivity contribution is 7.99. The second kappa shape index (κ2) is 6.29. The van der Waals surface area contributed by atoms with Crippen LogP contribution in [0.5, 0.6) is 0 Å². The molecule has 124 valence electrons. The van der Waals surface area contributed by atoms with Crippen molar-refractivity contribution in [2.24, 2.45) is 7.05 Å². The summed E-state index contributed by atoms with van der Waals surface area (Å²) < 4.78 is 2.16. The number of Topliss-reactive ketones (excluding diaryl/α,β-unsaturated/α-hetero) is 1. The van der Waals surface area contributed by atoms with Gasteiger partial charge >= 0.3 is 0 Å². The van der Waals surface area contributed by atoms with E-state index >= 15 is 0 Å². The molecule has 0 unspecified atom stereocenters. The van der Waals surface area contributed by atoms with Crippen LogP contribution in [0, 0.1) is 0 Å². The summed E-state index contributed by atoms with van der Waals surface area (Å²) in [7, 11) is 1.72. The van der Waals surface area contributed by atoms with Gasteiger partial charge in [-0.05, 0) is 37.0 Å². The van der Waals surface area contributed by atoms with Crippen LogP contribution in [-0.4, -0.2) is 21.1 Å². The number of fused-ring (bicyclic) bond motifs is 3.